The summed E-state index contributed by atoms with van der Waals surface area (Å²) in [5.41, 5.74) is 1.05. The summed E-state index contributed by atoms with van der Waals surface area (Å²) in [4.78, 5) is 15.5. The Balaban J connectivity index is 1.52. The number of ether oxygens (including phenoxy) is 1. The summed E-state index contributed by atoms with van der Waals surface area (Å²) < 4.78 is 8.84. The number of nitrogens with one attached hydrogen (secondary N) is 1. The molecule has 2 aliphatic rings. The molecule has 1 saturated heterocycles. The summed E-state index contributed by atoms with van der Waals surface area (Å²) in [5.74, 6) is 0.479. The third-order valence-corrected chi connectivity index (χ3v) is 6.29. The number of nitrogens with zero attached hydrogens (tertiary/aromatic N) is 6. The van der Waals surface area contributed by atoms with Crippen molar-refractivity contribution in [3.63, 3.8) is 0 Å². The normalized spacial score (nSPS) is 21.0. The fourth-order valence-corrected chi connectivity index (χ4v) is 4.69. The molecule has 28 heavy (non-hydrogen) atoms. The molecule has 1 amide bonds. The van der Waals surface area contributed by atoms with E-state index in [-0.39, 0.29) is 17.5 Å². The van der Waals surface area contributed by atoms with Gasteiger partial charge < -0.3 is 10.1 Å². The molecule has 2 fully saturated rings. The molecule has 152 valence electrons. The second kappa shape index (κ2) is 7.63. The molecule has 0 aromatic carbocycles. The van der Waals surface area contributed by atoms with E-state index in [0.717, 1.165) is 39.1 Å². The summed E-state index contributed by atoms with van der Waals surface area (Å²) in [6.45, 7) is 7.35. The van der Waals surface area contributed by atoms with Crippen molar-refractivity contribution in [2.75, 3.05) is 26.3 Å². The highest BCUT2D eigenvalue weighted by Gasteiger charge is 2.45. The Bertz CT molecular complexity index is 831. The van der Waals surface area contributed by atoms with Crippen molar-refractivity contribution in [1.29, 1.82) is 0 Å². The maximum absolute atomic E-state index is 13.0. The first kappa shape index (κ1) is 19.1. The third kappa shape index (κ3) is 3.33. The maximum Gasteiger partial charge on any atom is 0.274 e. The van der Waals surface area contributed by atoms with E-state index in [1.165, 1.54) is 12.8 Å². The highest BCUT2D eigenvalue weighted by molar-refractivity contribution is 5.93. The van der Waals surface area contributed by atoms with Crippen molar-refractivity contribution in [1.82, 2.24) is 35.0 Å². The van der Waals surface area contributed by atoms with Crippen LogP contribution in [0.2, 0.25) is 0 Å². The van der Waals surface area contributed by atoms with Gasteiger partial charge in [-0.25, -0.2) is 0 Å². The van der Waals surface area contributed by atoms with Crippen LogP contribution >= 0.6 is 0 Å². The van der Waals surface area contributed by atoms with Gasteiger partial charge in [-0.1, -0.05) is 18.1 Å². The van der Waals surface area contributed by atoms with Crippen LogP contribution in [-0.2, 0) is 11.8 Å². The van der Waals surface area contributed by atoms with Crippen molar-refractivity contribution in [3.8, 4) is 5.82 Å². The molecule has 1 atom stereocenters. The van der Waals surface area contributed by atoms with E-state index in [2.05, 4.69) is 32.6 Å². The van der Waals surface area contributed by atoms with E-state index < -0.39 is 0 Å². The molecular weight excluding hydrogens is 358 g/mol. The summed E-state index contributed by atoms with van der Waals surface area (Å²) in [7, 11) is 1.84. The molecular formula is C19H29N7O2. The molecule has 0 radical (unpaired) electrons. The van der Waals surface area contributed by atoms with Crippen LogP contribution in [0.25, 0.3) is 5.82 Å². The van der Waals surface area contributed by atoms with E-state index in [0.29, 0.717) is 17.2 Å². The molecule has 9 nitrogen and oxygen atoms in total. The zero-order valence-corrected chi connectivity index (χ0v) is 16.9. The zero-order chi connectivity index (χ0) is 19.7. The Hall–Kier alpha value is -2.26. The highest BCUT2D eigenvalue weighted by Crippen LogP contribution is 2.38. The van der Waals surface area contributed by atoms with Crippen LogP contribution in [0.1, 0.15) is 48.8 Å². The first-order valence-electron chi connectivity index (χ1n) is 10.1. The second-order valence-electron chi connectivity index (χ2n) is 7.89. The van der Waals surface area contributed by atoms with Crippen molar-refractivity contribution in [3.05, 3.63) is 23.7 Å². The molecule has 1 aliphatic carbocycles. The fraction of sp³-hybridized carbons (Fsp3) is 0.684. The van der Waals surface area contributed by atoms with E-state index in [1.807, 2.05) is 26.2 Å². The van der Waals surface area contributed by atoms with Gasteiger partial charge in [-0.05, 0) is 26.7 Å². The monoisotopic (exact) mass is 387 g/mol. The number of rotatable bonds is 5. The number of amides is 1. The van der Waals surface area contributed by atoms with Gasteiger partial charge in [-0.2, -0.15) is 9.78 Å². The zero-order valence-electron chi connectivity index (χ0n) is 16.9. The standard InChI is InChI=1S/C19H29N7O2/c1-14-17(21-23-26(14)16-6-9-24(3)22-16)18(27)20-15(2)19(7-4-5-8-19)25-10-12-28-13-11-25/h6,9,15H,4-5,7-8,10-13H2,1-3H3,(H,20,27). The largest absolute Gasteiger partial charge is 0.379 e. The molecule has 0 bridgehead atoms. The number of carbonyl (C=O) groups excluding carboxylic acids is 1. The summed E-state index contributed by atoms with van der Waals surface area (Å²) >= 11 is 0. The number of carbonyl (C=O) groups is 1. The molecule has 3 heterocycles. The number of aromatic nitrogens is 5. The molecule has 4 rings (SSSR count). The topological polar surface area (TPSA) is 90.1 Å². The minimum absolute atomic E-state index is 0.00429. The number of aryl methyl sites for hydroxylation is 1. The molecule has 1 unspecified atom stereocenters. The lowest BCUT2D eigenvalue weighted by Crippen LogP contribution is -2.62. The van der Waals surface area contributed by atoms with Gasteiger partial charge in [0.1, 0.15) is 0 Å². The van der Waals surface area contributed by atoms with Crippen LogP contribution in [0.5, 0.6) is 0 Å². The van der Waals surface area contributed by atoms with Gasteiger partial charge in [-0.15, -0.1) is 5.10 Å². The Morgan fingerprint density at radius 3 is 2.64 bits per heavy atom. The Morgan fingerprint density at radius 2 is 2.00 bits per heavy atom. The summed E-state index contributed by atoms with van der Waals surface area (Å²) in [6, 6.07) is 1.87. The Labute approximate surface area is 165 Å². The van der Waals surface area contributed by atoms with Crippen LogP contribution in [0.4, 0.5) is 0 Å². The van der Waals surface area contributed by atoms with Gasteiger partial charge in [0.05, 0.1) is 18.9 Å². The molecule has 1 saturated carbocycles. The molecule has 0 spiro atoms. The van der Waals surface area contributed by atoms with E-state index in [4.69, 9.17) is 4.74 Å². The lowest BCUT2D eigenvalue weighted by atomic mass is 9.86. The van der Waals surface area contributed by atoms with Crippen LogP contribution in [-0.4, -0.2) is 73.5 Å². The highest BCUT2D eigenvalue weighted by atomic mass is 16.5. The first-order valence-corrected chi connectivity index (χ1v) is 10.1. The van der Waals surface area contributed by atoms with E-state index >= 15 is 0 Å². The predicted octanol–water partition coefficient (Wildman–Crippen LogP) is 1.07. The number of morpholine rings is 1. The quantitative estimate of drug-likeness (QED) is 0.825. The maximum atomic E-state index is 13.0. The van der Waals surface area contributed by atoms with Gasteiger partial charge in [0, 0.05) is 44.0 Å². The molecule has 2 aromatic heterocycles. The fourth-order valence-electron chi connectivity index (χ4n) is 4.69. The van der Waals surface area contributed by atoms with Gasteiger partial charge in [-0.3, -0.25) is 14.4 Å². The molecule has 1 N–H and O–H groups in total. The SMILES string of the molecule is Cc1c(C(=O)NC(C)C2(N3CCOCC3)CCCC2)nnn1-c1ccn(C)n1. The summed E-state index contributed by atoms with van der Waals surface area (Å²) in [6.07, 6.45) is 6.45. The second-order valence-corrected chi connectivity index (χ2v) is 7.89. The van der Waals surface area contributed by atoms with Crippen molar-refractivity contribution in [2.24, 2.45) is 7.05 Å². The van der Waals surface area contributed by atoms with E-state index in [9.17, 15) is 4.79 Å². The molecule has 1 aliphatic heterocycles. The smallest absolute Gasteiger partial charge is 0.274 e. The van der Waals surface area contributed by atoms with Gasteiger partial charge >= 0.3 is 0 Å². The number of hydrogen-bond acceptors (Lipinski definition) is 6. The Kier molecular flexibility index (Phi) is 5.20. The average Bonchev–Trinajstić information content (AvgIpc) is 3.42. The third-order valence-electron chi connectivity index (χ3n) is 6.29. The minimum Gasteiger partial charge on any atom is -0.379 e. The lowest BCUT2D eigenvalue weighted by Gasteiger charge is -2.47. The average molecular weight is 387 g/mol. The molecule has 2 aromatic rings. The minimum atomic E-state index is -0.174. The van der Waals surface area contributed by atoms with Crippen molar-refractivity contribution >= 4 is 5.91 Å². The first-order chi connectivity index (χ1) is 13.5. The van der Waals surface area contributed by atoms with Crippen LogP contribution in [0.3, 0.4) is 0 Å². The van der Waals surface area contributed by atoms with Crippen LogP contribution in [0, 0.1) is 6.92 Å². The van der Waals surface area contributed by atoms with Gasteiger partial charge in [0.15, 0.2) is 11.5 Å². The van der Waals surface area contributed by atoms with Gasteiger partial charge in [0.2, 0.25) is 0 Å². The van der Waals surface area contributed by atoms with Gasteiger partial charge in [0.25, 0.3) is 5.91 Å². The molecule has 9 heteroatoms. The lowest BCUT2D eigenvalue weighted by molar-refractivity contribution is -0.0323. The van der Waals surface area contributed by atoms with E-state index in [1.54, 1.807) is 9.36 Å². The predicted molar refractivity (Wildman–Crippen MR) is 103 cm³/mol. The van der Waals surface area contributed by atoms with Crippen molar-refractivity contribution < 1.29 is 9.53 Å². The van der Waals surface area contributed by atoms with Crippen LogP contribution in [0.15, 0.2) is 12.3 Å². The number of hydrogen-bond donors (Lipinski definition) is 1. The van der Waals surface area contributed by atoms with Crippen molar-refractivity contribution in [2.45, 2.75) is 51.1 Å². The Morgan fingerprint density at radius 1 is 1.29 bits per heavy atom. The summed E-state index contributed by atoms with van der Waals surface area (Å²) in [5, 5.41) is 15.8. The van der Waals surface area contributed by atoms with Crippen LogP contribution < -0.4 is 5.32 Å².